The first-order valence-corrected chi connectivity index (χ1v) is 9.63. The van der Waals surface area contributed by atoms with E-state index in [9.17, 15) is 22.0 Å². The Morgan fingerprint density at radius 1 is 1.32 bits per heavy atom. The number of carbonyl (C=O) groups excluding carboxylic acids is 1. The van der Waals surface area contributed by atoms with E-state index >= 15 is 0 Å². The van der Waals surface area contributed by atoms with Crippen molar-refractivity contribution in [1.82, 2.24) is 4.57 Å². The molecule has 7 nitrogen and oxygen atoms in total. The molecule has 0 bridgehead atoms. The monoisotopic (exact) mass is 409 g/mol. The van der Waals surface area contributed by atoms with Gasteiger partial charge in [-0.15, -0.1) is 0 Å². The number of aromatic nitrogens is 1. The van der Waals surface area contributed by atoms with Gasteiger partial charge in [-0.3, -0.25) is 4.79 Å². The number of anilines is 1. The quantitative estimate of drug-likeness (QED) is 0.844. The smallest absolute Gasteiger partial charge is 0.287 e. The van der Waals surface area contributed by atoms with Gasteiger partial charge < -0.3 is 14.6 Å². The van der Waals surface area contributed by atoms with E-state index in [4.69, 9.17) is 4.74 Å². The predicted molar refractivity (Wildman–Crippen MR) is 99.3 cm³/mol. The molecule has 1 amide bonds. The maximum absolute atomic E-state index is 13.4. The van der Waals surface area contributed by atoms with E-state index in [2.05, 4.69) is 9.71 Å². The van der Waals surface area contributed by atoms with E-state index in [1.165, 1.54) is 23.9 Å². The van der Waals surface area contributed by atoms with Gasteiger partial charge in [0.05, 0.1) is 5.71 Å². The van der Waals surface area contributed by atoms with E-state index in [0.717, 1.165) is 12.1 Å². The predicted octanol–water partition coefficient (Wildman–Crippen LogP) is 3.04. The third kappa shape index (κ3) is 3.55. The Kier molecular flexibility index (Phi) is 5.07. The summed E-state index contributed by atoms with van der Waals surface area (Å²) in [5.74, 6) is -3.06. The van der Waals surface area contributed by atoms with Gasteiger partial charge in [0, 0.05) is 25.0 Å². The van der Waals surface area contributed by atoms with Crippen molar-refractivity contribution in [3.05, 3.63) is 53.4 Å². The number of amides is 1. The van der Waals surface area contributed by atoms with E-state index < -0.39 is 27.6 Å². The van der Waals surface area contributed by atoms with Crippen molar-refractivity contribution >= 4 is 27.3 Å². The molecule has 1 aromatic heterocycles. The third-order valence-electron chi connectivity index (χ3n) is 4.24. The summed E-state index contributed by atoms with van der Waals surface area (Å²) in [5.41, 5.74) is 0.786. The Morgan fingerprint density at radius 3 is 2.68 bits per heavy atom. The second kappa shape index (κ2) is 7.19. The van der Waals surface area contributed by atoms with Crippen LogP contribution in [0, 0.1) is 11.6 Å². The number of benzene rings is 1. The van der Waals surface area contributed by atoms with Crippen molar-refractivity contribution in [3.8, 4) is 5.75 Å². The van der Waals surface area contributed by atoms with Gasteiger partial charge in [-0.25, -0.2) is 8.78 Å². The molecule has 0 fully saturated rings. The molecule has 0 spiro atoms. The normalized spacial score (nSPS) is 15.9. The number of hydrogen-bond donors (Lipinski definition) is 1. The molecule has 2 heterocycles. The van der Waals surface area contributed by atoms with Gasteiger partial charge in [0.1, 0.15) is 11.5 Å². The van der Waals surface area contributed by atoms with Crippen LogP contribution in [0.15, 0.2) is 45.3 Å². The fourth-order valence-corrected chi connectivity index (χ4v) is 3.91. The van der Waals surface area contributed by atoms with Gasteiger partial charge in [-0.1, -0.05) is 6.08 Å². The lowest BCUT2D eigenvalue weighted by molar-refractivity contribution is 0.101. The molecule has 148 valence electrons. The molecule has 3 rings (SSSR count). The average molecular weight is 409 g/mol. The minimum atomic E-state index is -4.09. The molecule has 0 atom stereocenters. The molecular weight excluding hydrogens is 392 g/mol. The SMILES string of the molecule is C/C=C(/C)C1=NS(=O)(=O)c2cn(C)c(C(=O)Nc3ccc(F)c(F)c3)c2OC1. The van der Waals surface area contributed by atoms with Gasteiger partial charge in [0.25, 0.3) is 15.9 Å². The first-order chi connectivity index (χ1) is 13.1. The summed E-state index contributed by atoms with van der Waals surface area (Å²) in [6.07, 6.45) is 2.92. The highest BCUT2D eigenvalue weighted by Gasteiger charge is 2.32. The fourth-order valence-electron chi connectivity index (χ4n) is 2.64. The molecule has 10 heteroatoms. The molecule has 0 unspecified atom stereocenters. The maximum atomic E-state index is 13.4. The summed E-state index contributed by atoms with van der Waals surface area (Å²) in [7, 11) is -2.62. The van der Waals surface area contributed by atoms with Crippen LogP contribution in [0.4, 0.5) is 14.5 Å². The van der Waals surface area contributed by atoms with Crippen molar-refractivity contribution in [3.63, 3.8) is 0 Å². The molecule has 28 heavy (non-hydrogen) atoms. The lowest BCUT2D eigenvalue weighted by Crippen LogP contribution is -2.18. The number of aryl methyl sites for hydroxylation is 1. The van der Waals surface area contributed by atoms with Crippen LogP contribution in [0.2, 0.25) is 0 Å². The van der Waals surface area contributed by atoms with Crippen LogP contribution < -0.4 is 10.1 Å². The number of fused-ring (bicyclic) bond motifs is 1. The lowest BCUT2D eigenvalue weighted by atomic mass is 10.2. The zero-order chi connectivity index (χ0) is 20.6. The summed E-state index contributed by atoms with van der Waals surface area (Å²) >= 11 is 0. The number of halogens is 2. The first-order valence-electron chi connectivity index (χ1n) is 8.19. The van der Waals surface area contributed by atoms with Crippen molar-refractivity contribution in [2.45, 2.75) is 18.7 Å². The molecule has 1 aromatic carbocycles. The average Bonchev–Trinajstić information content (AvgIpc) is 2.92. The molecule has 0 aliphatic carbocycles. The summed E-state index contributed by atoms with van der Waals surface area (Å²) in [6, 6.07) is 2.88. The van der Waals surface area contributed by atoms with E-state index in [1.807, 2.05) is 0 Å². The summed E-state index contributed by atoms with van der Waals surface area (Å²) in [4.78, 5) is 12.4. The van der Waals surface area contributed by atoms with Crippen LogP contribution in [-0.2, 0) is 17.1 Å². The van der Waals surface area contributed by atoms with E-state index in [1.54, 1.807) is 19.9 Å². The molecule has 1 N–H and O–H groups in total. The molecule has 2 aromatic rings. The van der Waals surface area contributed by atoms with Crippen LogP contribution in [0.1, 0.15) is 24.3 Å². The largest absolute Gasteiger partial charge is 0.483 e. The van der Waals surface area contributed by atoms with Gasteiger partial charge in [0.15, 0.2) is 23.1 Å². The van der Waals surface area contributed by atoms with Crippen molar-refractivity contribution in [1.29, 1.82) is 0 Å². The number of ether oxygens (including phenoxy) is 1. The fraction of sp³-hybridized carbons (Fsp3) is 0.222. The zero-order valence-corrected chi connectivity index (χ0v) is 16.1. The number of nitrogens with one attached hydrogen (secondary N) is 1. The van der Waals surface area contributed by atoms with Gasteiger partial charge in [-0.2, -0.15) is 12.8 Å². The van der Waals surface area contributed by atoms with Gasteiger partial charge in [-0.05, 0) is 31.6 Å². The van der Waals surface area contributed by atoms with Crippen molar-refractivity contribution in [2.75, 3.05) is 11.9 Å². The Balaban J connectivity index is 2.01. The Labute approximate surface area is 160 Å². The third-order valence-corrected chi connectivity index (χ3v) is 5.55. The number of rotatable bonds is 3. The van der Waals surface area contributed by atoms with E-state index in [0.29, 0.717) is 5.57 Å². The molecule has 0 radical (unpaired) electrons. The van der Waals surface area contributed by atoms with Crippen molar-refractivity contribution in [2.24, 2.45) is 11.4 Å². The van der Waals surface area contributed by atoms with Crippen LogP contribution in [0.25, 0.3) is 0 Å². The second-order valence-electron chi connectivity index (χ2n) is 6.14. The first kappa shape index (κ1) is 19.7. The summed E-state index contributed by atoms with van der Waals surface area (Å²) in [6.45, 7) is 3.30. The summed E-state index contributed by atoms with van der Waals surface area (Å²) < 4.78 is 62.4. The van der Waals surface area contributed by atoms with Gasteiger partial charge >= 0.3 is 0 Å². The van der Waals surface area contributed by atoms with Crippen LogP contribution >= 0.6 is 0 Å². The highest BCUT2D eigenvalue weighted by Crippen LogP contribution is 2.34. The molecule has 0 saturated carbocycles. The number of sulfonamides is 1. The Morgan fingerprint density at radius 2 is 2.04 bits per heavy atom. The number of carbonyl (C=O) groups is 1. The Bertz CT molecular complexity index is 1130. The van der Waals surface area contributed by atoms with Crippen molar-refractivity contribution < 1.29 is 26.7 Å². The molecule has 1 aliphatic rings. The molecule has 0 saturated heterocycles. The zero-order valence-electron chi connectivity index (χ0n) is 15.3. The number of hydrogen-bond acceptors (Lipinski definition) is 4. The minimum Gasteiger partial charge on any atom is -0.483 e. The lowest BCUT2D eigenvalue weighted by Gasteiger charge is -2.10. The van der Waals surface area contributed by atoms with Crippen LogP contribution in [0.5, 0.6) is 5.75 Å². The molecular formula is C18H17F2N3O4S. The number of allylic oxidation sites excluding steroid dienone is 1. The maximum Gasteiger partial charge on any atom is 0.287 e. The van der Waals surface area contributed by atoms with Gasteiger partial charge in [0.2, 0.25) is 0 Å². The van der Waals surface area contributed by atoms with Crippen LogP contribution in [0.3, 0.4) is 0 Å². The summed E-state index contributed by atoms with van der Waals surface area (Å²) in [5, 5.41) is 2.41. The highest BCUT2D eigenvalue weighted by molar-refractivity contribution is 7.90. The topological polar surface area (TPSA) is 89.8 Å². The molecule has 1 aliphatic heterocycles. The standard InChI is InChI=1S/C18H17F2N3O4S/c1-4-10(2)14-9-27-17-15(28(25,26)22-14)8-23(3)16(17)18(24)21-11-5-6-12(19)13(20)7-11/h4-8H,9H2,1-3H3,(H,21,24)/b10-4-. The highest BCUT2D eigenvalue weighted by atomic mass is 32.2. The Hall–Kier alpha value is -3.01. The number of nitrogens with zero attached hydrogens (tertiary/aromatic N) is 2. The minimum absolute atomic E-state index is 0.0111. The van der Waals surface area contributed by atoms with E-state index in [-0.39, 0.29) is 34.3 Å². The second-order valence-corrected chi connectivity index (χ2v) is 7.71. The van der Waals surface area contributed by atoms with Crippen LogP contribution in [-0.4, -0.2) is 31.2 Å².